The number of hydrogen-bond acceptors (Lipinski definition) is 4. The fourth-order valence-corrected chi connectivity index (χ4v) is 5.53. The number of pyridine rings is 1. The third-order valence-electron chi connectivity index (χ3n) is 5.72. The number of fused-ring (bicyclic) bond motifs is 1. The van der Waals surface area contributed by atoms with Crippen molar-refractivity contribution in [2.24, 2.45) is 0 Å². The van der Waals surface area contributed by atoms with Crippen LogP contribution in [0.3, 0.4) is 0 Å². The quantitative estimate of drug-likeness (QED) is 0.651. The summed E-state index contributed by atoms with van der Waals surface area (Å²) in [5.74, 6) is 1.01. The first-order valence-corrected chi connectivity index (χ1v) is 11.6. The molecule has 1 saturated heterocycles. The van der Waals surface area contributed by atoms with E-state index in [4.69, 9.17) is 4.98 Å². The Morgan fingerprint density at radius 1 is 1.14 bits per heavy atom. The van der Waals surface area contributed by atoms with Crippen LogP contribution in [0.2, 0.25) is 0 Å². The Labute approximate surface area is 172 Å². The van der Waals surface area contributed by atoms with Gasteiger partial charge in [0, 0.05) is 31.7 Å². The Morgan fingerprint density at radius 2 is 1.86 bits per heavy atom. The van der Waals surface area contributed by atoms with Crippen molar-refractivity contribution in [3.8, 4) is 0 Å². The summed E-state index contributed by atoms with van der Waals surface area (Å²) >= 11 is 0. The number of rotatable bonds is 4. The maximum atomic E-state index is 13.2. The van der Waals surface area contributed by atoms with Crippen LogP contribution in [0.1, 0.15) is 51.4 Å². The molecule has 0 spiro atoms. The summed E-state index contributed by atoms with van der Waals surface area (Å²) in [6, 6.07) is 11.1. The largest absolute Gasteiger partial charge is 0.313 e. The van der Waals surface area contributed by atoms with Gasteiger partial charge in [-0.25, -0.2) is 18.4 Å². The Morgan fingerprint density at radius 3 is 2.52 bits per heavy atom. The third-order valence-corrected chi connectivity index (χ3v) is 7.60. The van der Waals surface area contributed by atoms with Crippen molar-refractivity contribution >= 4 is 21.2 Å². The number of imidazole rings is 1. The van der Waals surface area contributed by atoms with Crippen molar-refractivity contribution in [2.45, 2.75) is 56.9 Å². The second kappa shape index (κ2) is 7.22. The molecule has 29 heavy (non-hydrogen) atoms. The molecule has 1 aliphatic rings. The lowest BCUT2D eigenvalue weighted by Crippen LogP contribution is -2.29. The van der Waals surface area contributed by atoms with Gasteiger partial charge in [0.15, 0.2) is 5.65 Å². The summed E-state index contributed by atoms with van der Waals surface area (Å²) < 4.78 is 30.1. The van der Waals surface area contributed by atoms with Crippen molar-refractivity contribution in [2.75, 3.05) is 13.1 Å². The van der Waals surface area contributed by atoms with E-state index >= 15 is 0 Å². The second-order valence-electron chi connectivity index (χ2n) is 8.68. The molecule has 0 amide bonds. The lowest BCUT2D eigenvalue weighted by molar-refractivity contribution is 0.469. The van der Waals surface area contributed by atoms with Crippen LogP contribution < -0.4 is 0 Å². The molecule has 7 heteroatoms. The summed E-state index contributed by atoms with van der Waals surface area (Å²) in [5, 5.41) is 0. The molecule has 1 atom stereocenters. The zero-order valence-corrected chi connectivity index (χ0v) is 18.3. The number of hydrogen-bond donors (Lipinski definition) is 0. The monoisotopic (exact) mass is 412 g/mol. The molecule has 0 bridgehead atoms. The van der Waals surface area contributed by atoms with Crippen LogP contribution in [0.25, 0.3) is 11.2 Å². The first-order valence-electron chi connectivity index (χ1n) is 10.1. The van der Waals surface area contributed by atoms with E-state index in [1.807, 2.05) is 24.3 Å². The first kappa shape index (κ1) is 20.0. The standard InChI is InChI=1S/C22H28N4O2S/c1-5-26-20(24-19-7-6-13-23-21(19)26)16-12-14-25(15-16)29(27,28)18-10-8-17(9-11-18)22(2,3)4/h6-11,13,16H,5,12,14-15H2,1-4H3. The van der Waals surface area contributed by atoms with Crippen LogP contribution in [0, 0.1) is 0 Å². The van der Waals surface area contributed by atoms with Crippen LogP contribution >= 0.6 is 0 Å². The van der Waals surface area contributed by atoms with Crippen molar-refractivity contribution in [3.63, 3.8) is 0 Å². The maximum Gasteiger partial charge on any atom is 0.243 e. The van der Waals surface area contributed by atoms with Crippen molar-refractivity contribution < 1.29 is 8.42 Å². The predicted octanol–water partition coefficient (Wildman–Crippen LogP) is 3.93. The Balaban J connectivity index is 1.60. The molecule has 3 aromatic rings. The summed E-state index contributed by atoms with van der Waals surface area (Å²) in [5.41, 5.74) is 2.85. The fourth-order valence-electron chi connectivity index (χ4n) is 4.03. The molecule has 3 heterocycles. The van der Waals surface area contributed by atoms with Crippen molar-refractivity contribution in [3.05, 3.63) is 54.0 Å². The van der Waals surface area contributed by atoms with Crippen LogP contribution in [-0.2, 0) is 22.0 Å². The van der Waals surface area contributed by atoms with Gasteiger partial charge in [0.1, 0.15) is 11.3 Å². The molecule has 0 aliphatic carbocycles. The zero-order chi connectivity index (χ0) is 20.8. The molecule has 154 valence electrons. The molecular weight excluding hydrogens is 384 g/mol. The minimum Gasteiger partial charge on any atom is -0.313 e. The van der Waals surface area contributed by atoms with E-state index in [2.05, 4.69) is 37.2 Å². The van der Waals surface area contributed by atoms with Crippen LogP contribution in [0.5, 0.6) is 0 Å². The number of aryl methyl sites for hydroxylation is 1. The second-order valence-corrected chi connectivity index (χ2v) is 10.6. The Kier molecular flexibility index (Phi) is 4.99. The first-order chi connectivity index (χ1) is 13.7. The number of nitrogens with zero attached hydrogens (tertiary/aromatic N) is 4. The molecule has 0 N–H and O–H groups in total. The van der Waals surface area contributed by atoms with Crippen LogP contribution in [0.15, 0.2) is 47.5 Å². The van der Waals surface area contributed by atoms with Gasteiger partial charge in [0.25, 0.3) is 0 Å². The van der Waals surface area contributed by atoms with E-state index < -0.39 is 10.0 Å². The maximum absolute atomic E-state index is 13.2. The molecule has 1 unspecified atom stereocenters. The van der Waals surface area contributed by atoms with Crippen molar-refractivity contribution in [1.82, 2.24) is 18.8 Å². The minimum atomic E-state index is -3.51. The molecule has 1 aliphatic heterocycles. The highest BCUT2D eigenvalue weighted by Crippen LogP contribution is 2.33. The molecule has 0 radical (unpaired) electrons. The van der Waals surface area contributed by atoms with Gasteiger partial charge in [-0.2, -0.15) is 4.31 Å². The Bertz CT molecular complexity index is 1130. The van der Waals surface area contributed by atoms with Gasteiger partial charge >= 0.3 is 0 Å². The van der Waals surface area contributed by atoms with Gasteiger partial charge in [-0.05, 0) is 48.6 Å². The molecule has 2 aromatic heterocycles. The third kappa shape index (κ3) is 3.57. The fraction of sp³-hybridized carbons (Fsp3) is 0.455. The number of aromatic nitrogens is 3. The van der Waals surface area contributed by atoms with Crippen LogP contribution in [-0.4, -0.2) is 40.3 Å². The van der Waals surface area contributed by atoms with E-state index in [-0.39, 0.29) is 11.3 Å². The summed E-state index contributed by atoms with van der Waals surface area (Å²) in [7, 11) is -3.51. The van der Waals surface area contributed by atoms with Gasteiger partial charge < -0.3 is 4.57 Å². The topological polar surface area (TPSA) is 68.1 Å². The molecule has 4 rings (SSSR count). The number of sulfonamides is 1. The highest BCUT2D eigenvalue weighted by Gasteiger charge is 2.35. The predicted molar refractivity (Wildman–Crippen MR) is 114 cm³/mol. The van der Waals surface area contributed by atoms with Gasteiger partial charge in [0.05, 0.1) is 4.90 Å². The number of benzene rings is 1. The highest BCUT2D eigenvalue weighted by molar-refractivity contribution is 7.89. The summed E-state index contributed by atoms with van der Waals surface area (Å²) in [4.78, 5) is 9.59. The average Bonchev–Trinajstić information content (AvgIpc) is 3.32. The van der Waals surface area contributed by atoms with E-state index in [1.165, 1.54) is 0 Å². The van der Waals surface area contributed by atoms with Gasteiger partial charge in [-0.15, -0.1) is 0 Å². The minimum absolute atomic E-state index is 0.00565. The zero-order valence-electron chi connectivity index (χ0n) is 17.5. The summed E-state index contributed by atoms with van der Waals surface area (Å²) in [6.07, 6.45) is 2.54. The van der Waals surface area contributed by atoms with E-state index in [9.17, 15) is 8.42 Å². The molecule has 1 aromatic carbocycles. The smallest absolute Gasteiger partial charge is 0.243 e. The summed E-state index contributed by atoms with van der Waals surface area (Å²) in [6.45, 7) is 10.2. The van der Waals surface area contributed by atoms with E-state index in [1.54, 1.807) is 22.6 Å². The van der Waals surface area contributed by atoms with E-state index in [0.29, 0.717) is 18.0 Å². The highest BCUT2D eigenvalue weighted by atomic mass is 32.2. The molecular formula is C22H28N4O2S. The van der Waals surface area contributed by atoms with Gasteiger partial charge in [0.2, 0.25) is 10.0 Å². The normalized spacial score (nSPS) is 18.6. The van der Waals surface area contributed by atoms with Gasteiger partial charge in [-0.1, -0.05) is 32.9 Å². The molecule has 1 fully saturated rings. The van der Waals surface area contributed by atoms with Crippen LogP contribution in [0.4, 0.5) is 0 Å². The van der Waals surface area contributed by atoms with Gasteiger partial charge in [-0.3, -0.25) is 0 Å². The SMILES string of the molecule is CCn1c(C2CCN(S(=O)(=O)c3ccc(C(C)(C)C)cc3)C2)nc2cccnc21. The lowest BCUT2D eigenvalue weighted by Gasteiger charge is -2.20. The van der Waals surface area contributed by atoms with E-state index in [0.717, 1.165) is 35.5 Å². The van der Waals surface area contributed by atoms with Crippen molar-refractivity contribution in [1.29, 1.82) is 0 Å². The Hall–Kier alpha value is -2.25. The molecule has 6 nitrogen and oxygen atoms in total. The lowest BCUT2D eigenvalue weighted by atomic mass is 9.87. The average molecular weight is 413 g/mol. The molecule has 0 saturated carbocycles.